The van der Waals surface area contributed by atoms with Crippen LogP contribution in [0.3, 0.4) is 0 Å². The predicted octanol–water partition coefficient (Wildman–Crippen LogP) is 3.33. The summed E-state index contributed by atoms with van der Waals surface area (Å²) < 4.78 is 7.25. The zero-order valence-electron chi connectivity index (χ0n) is 22.8. The highest BCUT2D eigenvalue weighted by Crippen LogP contribution is 2.30. The lowest BCUT2D eigenvalue weighted by atomic mass is 10.0. The summed E-state index contributed by atoms with van der Waals surface area (Å²) in [6.07, 6.45) is 7.62. The van der Waals surface area contributed by atoms with Gasteiger partial charge in [0, 0.05) is 55.9 Å². The number of nitrogens with one attached hydrogen (secondary N) is 2. The van der Waals surface area contributed by atoms with Crippen molar-refractivity contribution in [2.45, 2.75) is 38.9 Å². The third-order valence-electron chi connectivity index (χ3n) is 7.16. The first-order valence-electron chi connectivity index (χ1n) is 13.5. The van der Waals surface area contributed by atoms with Crippen LogP contribution in [0.2, 0.25) is 0 Å². The van der Waals surface area contributed by atoms with E-state index < -0.39 is 0 Å². The number of pyridine rings is 1. The SMILES string of the molecule is C/C=C1\CCN(C2CCN(/C(N)=N/c3c(C#N)c(Nc4ccc(Oc5ccncc5)cc4)nn3CN)CC2)C(=O)N1. The molecular weight excluding hydrogens is 522 g/mol. The number of benzene rings is 1. The number of anilines is 2. The van der Waals surface area contributed by atoms with Crippen LogP contribution in [0.25, 0.3) is 0 Å². The Morgan fingerprint density at radius 2 is 1.90 bits per heavy atom. The standard InChI is InChI=1S/C28H33N11O2/c1-2-19-9-16-38(28(40)34-19)21-10-14-37(15-11-21)27(31)35-26-24(17-29)25(36-39(26)18-30)33-20-3-5-22(6-4-20)41-23-7-12-32-13-8-23/h2-8,12-13,21H,9-11,14-16,18,30H2,1H3,(H2,31,35)(H,33,36)(H,34,40)/b19-2+. The molecule has 2 aliphatic rings. The maximum Gasteiger partial charge on any atom is 0.321 e. The van der Waals surface area contributed by atoms with E-state index >= 15 is 0 Å². The summed E-state index contributed by atoms with van der Waals surface area (Å²) in [6, 6.07) is 13.1. The van der Waals surface area contributed by atoms with Gasteiger partial charge in [-0.1, -0.05) is 6.08 Å². The minimum atomic E-state index is -0.0501. The van der Waals surface area contributed by atoms with Gasteiger partial charge in [-0.05, 0) is 56.2 Å². The number of carbonyl (C=O) groups is 1. The van der Waals surface area contributed by atoms with Crippen molar-refractivity contribution in [3.63, 3.8) is 0 Å². The Kier molecular flexibility index (Phi) is 8.31. The molecule has 0 unspecified atom stereocenters. The molecule has 0 spiro atoms. The number of allylic oxidation sites excluding steroid dienone is 1. The van der Waals surface area contributed by atoms with Crippen molar-refractivity contribution in [2.75, 3.05) is 25.0 Å². The summed E-state index contributed by atoms with van der Waals surface area (Å²) in [5, 5.41) is 20.6. The molecule has 2 aromatic heterocycles. The van der Waals surface area contributed by atoms with Gasteiger partial charge < -0.3 is 36.6 Å². The van der Waals surface area contributed by atoms with Crippen molar-refractivity contribution in [2.24, 2.45) is 16.5 Å². The van der Waals surface area contributed by atoms with Gasteiger partial charge >= 0.3 is 6.03 Å². The zero-order valence-corrected chi connectivity index (χ0v) is 22.8. The molecule has 0 atom stereocenters. The van der Waals surface area contributed by atoms with E-state index in [2.05, 4.69) is 31.8 Å². The van der Waals surface area contributed by atoms with Crippen LogP contribution in [-0.4, -0.2) is 62.2 Å². The molecule has 2 aliphatic heterocycles. The highest BCUT2D eigenvalue weighted by molar-refractivity contribution is 5.83. The number of nitrogens with two attached hydrogens (primary N) is 2. The van der Waals surface area contributed by atoms with E-state index in [9.17, 15) is 10.1 Å². The number of hydrogen-bond donors (Lipinski definition) is 4. The summed E-state index contributed by atoms with van der Waals surface area (Å²) in [4.78, 5) is 25.0. The van der Waals surface area contributed by atoms with Crippen molar-refractivity contribution >= 4 is 29.3 Å². The van der Waals surface area contributed by atoms with Gasteiger partial charge in [0.1, 0.15) is 23.1 Å². The Labute approximate surface area is 238 Å². The average Bonchev–Trinajstić information content (AvgIpc) is 3.34. The predicted molar refractivity (Wildman–Crippen MR) is 155 cm³/mol. The second kappa shape index (κ2) is 12.4. The van der Waals surface area contributed by atoms with E-state index in [1.807, 2.05) is 47.1 Å². The molecule has 0 radical (unpaired) electrons. The quantitative estimate of drug-likeness (QED) is 0.252. The number of carbonyl (C=O) groups excluding carboxylic acids is 1. The van der Waals surface area contributed by atoms with Crippen molar-refractivity contribution < 1.29 is 9.53 Å². The number of nitrogens with zero attached hydrogens (tertiary/aromatic N) is 7. The van der Waals surface area contributed by atoms with Crippen LogP contribution < -0.4 is 26.8 Å². The minimum absolute atomic E-state index is 0.0154. The van der Waals surface area contributed by atoms with Crippen LogP contribution in [0.5, 0.6) is 11.5 Å². The minimum Gasteiger partial charge on any atom is -0.457 e. The molecule has 3 aromatic rings. The Bertz CT molecular complexity index is 1470. The third-order valence-corrected chi connectivity index (χ3v) is 7.16. The molecular formula is C28H33N11O2. The number of nitriles is 1. The molecule has 0 aliphatic carbocycles. The monoisotopic (exact) mass is 555 g/mol. The molecule has 4 heterocycles. The van der Waals surface area contributed by atoms with Crippen molar-refractivity contribution in [3.8, 4) is 17.6 Å². The van der Waals surface area contributed by atoms with Gasteiger partial charge in [-0.3, -0.25) is 4.98 Å². The number of hydrogen-bond acceptors (Lipinski definition) is 8. The third kappa shape index (κ3) is 6.23. The number of amides is 2. The van der Waals surface area contributed by atoms with Gasteiger partial charge in [-0.15, -0.1) is 0 Å². The molecule has 212 valence electrons. The van der Waals surface area contributed by atoms with Crippen LogP contribution in [0.15, 0.2) is 65.6 Å². The van der Waals surface area contributed by atoms with E-state index in [0.717, 1.165) is 25.0 Å². The van der Waals surface area contributed by atoms with Crippen molar-refractivity contribution in [1.82, 2.24) is 29.9 Å². The smallest absolute Gasteiger partial charge is 0.321 e. The van der Waals surface area contributed by atoms with E-state index in [1.54, 1.807) is 24.5 Å². The Morgan fingerprint density at radius 1 is 1.20 bits per heavy atom. The number of aromatic nitrogens is 3. The summed E-state index contributed by atoms with van der Waals surface area (Å²) in [7, 11) is 0. The van der Waals surface area contributed by atoms with Gasteiger partial charge in [0.05, 0.1) is 6.67 Å². The fraction of sp³-hybridized carbons (Fsp3) is 0.321. The first kappa shape index (κ1) is 27.5. The summed E-state index contributed by atoms with van der Waals surface area (Å²) >= 11 is 0. The van der Waals surface area contributed by atoms with Gasteiger partial charge in [0.25, 0.3) is 0 Å². The van der Waals surface area contributed by atoms with Gasteiger partial charge in [0.15, 0.2) is 17.6 Å². The molecule has 1 aromatic carbocycles. The number of aliphatic imine (C=N–C) groups is 1. The molecule has 5 rings (SSSR count). The van der Waals surface area contributed by atoms with Crippen LogP contribution in [0, 0.1) is 11.3 Å². The molecule has 13 nitrogen and oxygen atoms in total. The molecule has 0 saturated carbocycles. The Hall–Kier alpha value is -5.09. The largest absolute Gasteiger partial charge is 0.457 e. The zero-order chi connectivity index (χ0) is 28.8. The van der Waals surface area contributed by atoms with E-state index in [4.69, 9.17) is 16.2 Å². The maximum absolute atomic E-state index is 12.5. The first-order valence-corrected chi connectivity index (χ1v) is 13.5. The van der Waals surface area contributed by atoms with Crippen LogP contribution in [-0.2, 0) is 6.67 Å². The second-order valence-corrected chi connectivity index (χ2v) is 9.65. The molecule has 2 fully saturated rings. The molecule has 6 N–H and O–H groups in total. The highest BCUT2D eigenvalue weighted by Gasteiger charge is 2.31. The molecule has 0 bridgehead atoms. The van der Waals surface area contributed by atoms with Gasteiger partial charge in [-0.25, -0.2) is 9.48 Å². The molecule has 13 heteroatoms. The summed E-state index contributed by atoms with van der Waals surface area (Å²) in [5.41, 5.74) is 14.2. The van der Waals surface area contributed by atoms with E-state index in [0.29, 0.717) is 42.6 Å². The Morgan fingerprint density at radius 3 is 2.54 bits per heavy atom. The van der Waals surface area contributed by atoms with Crippen molar-refractivity contribution in [3.05, 3.63) is 66.1 Å². The van der Waals surface area contributed by atoms with E-state index in [1.165, 1.54) is 4.68 Å². The average molecular weight is 556 g/mol. The second-order valence-electron chi connectivity index (χ2n) is 9.65. The number of likely N-dealkylation sites (tertiary alicyclic amines) is 1. The summed E-state index contributed by atoms with van der Waals surface area (Å²) in [6.45, 7) is 3.92. The highest BCUT2D eigenvalue weighted by atomic mass is 16.5. The normalized spacial score (nSPS) is 17.3. The first-order chi connectivity index (χ1) is 20.0. The lowest BCUT2D eigenvalue weighted by Crippen LogP contribution is -2.54. The lowest BCUT2D eigenvalue weighted by molar-refractivity contribution is 0.137. The number of urea groups is 1. The summed E-state index contributed by atoms with van der Waals surface area (Å²) in [5.74, 6) is 2.21. The van der Waals surface area contributed by atoms with Crippen LogP contribution in [0.1, 0.15) is 31.7 Å². The number of guanidine groups is 1. The fourth-order valence-electron chi connectivity index (χ4n) is 4.93. The number of rotatable bonds is 7. The number of ether oxygens (including phenoxy) is 1. The topological polar surface area (TPSA) is 176 Å². The van der Waals surface area contributed by atoms with Crippen molar-refractivity contribution in [1.29, 1.82) is 5.26 Å². The fourth-order valence-corrected chi connectivity index (χ4v) is 4.93. The molecule has 2 saturated heterocycles. The lowest BCUT2D eigenvalue weighted by Gasteiger charge is -2.40. The molecule has 2 amide bonds. The Balaban J connectivity index is 1.26. The van der Waals surface area contributed by atoms with Gasteiger partial charge in [-0.2, -0.15) is 15.4 Å². The van der Waals surface area contributed by atoms with Crippen LogP contribution >= 0.6 is 0 Å². The van der Waals surface area contributed by atoms with Crippen LogP contribution in [0.4, 0.5) is 22.1 Å². The van der Waals surface area contributed by atoms with E-state index in [-0.39, 0.29) is 36.1 Å². The maximum atomic E-state index is 12.5. The van der Waals surface area contributed by atoms with Gasteiger partial charge in [0.2, 0.25) is 0 Å². The molecule has 41 heavy (non-hydrogen) atoms. The number of piperidine rings is 1.